The number of hydrogen-bond donors (Lipinski definition) is 1. The minimum absolute atomic E-state index is 0.0175. The van der Waals surface area contributed by atoms with Crippen molar-refractivity contribution in [2.24, 2.45) is 5.73 Å². The molecule has 2 nitrogen and oxygen atoms in total. The Morgan fingerprint density at radius 1 is 1.24 bits per heavy atom. The second-order valence-corrected chi connectivity index (χ2v) is 4.48. The number of fused-ring (bicyclic) bond motifs is 3. The molecule has 17 heavy (non-hydrogen) atoms. The van der Waals surface area contributed by atoms with Crippen molar-refractivity contribution in [3.8, 4) is 0 Å². The number of rotatable bonds is 0. The molecule has 0 fully saturated rings. The van der Waals surface area contributed by atoms with Crippen molar-refractivity contribution in [3.05, 3.63) is 35.5 Å². The quantitative estimate of drug-likeness (QED) is 0.753. The first-order chi connectivity index (χ1) is 7.95. The summed E-state index contributed by atoms with van der Waals surface area (Å²) in [6.45, 7) is 0.597. The van der Waals surface area contributed by atoms with E-state index in [9.17, 15) is 13.2 Å². The Bertz CT molecular complexity index is 583. The highest BCUT2D eigenvalue weighted by atomic mass is 19.4. The average molecular weight is 240 g/mol. The Balaban J connectivity index is 2.19. The van der Waals surface area contributed by atoms with Crippen molar-refractivity contribution in [2.75, 3.05) is 0 Å². The predicted octanol–water partition coefficient (Wildman–Crippen LogP) is 2.54. The summed E-state index contributed by atoms with van der Waals surface area (Å²) in [5.74, 6) is 0. The molecule has 3 rings (SSSR count). The van der Waals surface area contributed by atoms with E-state index < -0.39 is 11.7 Å². The summed E-state index contributed by atoms with van der Waals surface area (Å²) in [6, 6.07) is 5.79. The highest BCUT2D eigenvalue weighted by Gasteiger charge is 2.31. The van der Waals surface area contributed by atoms with Gasteiger partial charge in [0.05, 0.1) is 5.56 Å². The first-order valence-electron chi connectivity index (χ1n) is 5.40. The SMILES string of the molecule is NC1Cc2cc3ccc(C(F)(F)F)cc3n2C1. The minimum atomic E-state index is -4.29. The molecular weight excluding hydrogens is 229 g/mol. The van der Waals surface area contributed by atoms with Crippen LogP contribution in [0.3, 0.4) is 0 Å². The van der Waals surface area contributed by atoms with Crippen LogP contribution in [0.25, 0.3) is 10.9 Å². The number of halogens is 3. The van der Waals surface area contributed by atoms with E-state index in [0.717, 1.165) is 23.6 Å². The monoisotopic (exact) mass is 240 g/mol. The summed E-state index contributed by atoms with van der Waals surface area (Å²) in [6.07, 6.45) is -3.56. The van der Waals surface area contributed by atoms with Gasteiger partial charge in [-0.25, -0.2) is 0 Å². The smallest absolute Gasteiger partial charge is 0.343 e. The van der Waals surface area contributed by atoms with Crippen LogP contribution in [0.15, 0.2) is 24.3 Å². The summed E-state index contributed by atoms with van der Waals surface area (Å²) in [5.41, 5.74) is 6.84. The van der Waals surface area contributed by atoms with Gasteiger partial charge in [0.2, 0.25) is 0 Å². The number of nitrogens with two attached hydrogens (primary N) is 1. The van der Waals surface area contributed by atoms with Crippen LogP contribution >= 0.6 is 0 Å². The summed E-state index contributed by atoms with van der Waals surface area (Å²) in [5, 5.41) is 0.847. The van der Waals surface area contributed by atoms with Gasteiger partial charge >= 0.3 is 6.18 Å². The van der Waals surface area contributed by atoms with Gasteiger partial charge in [-0.3, -0.25) is 0 Å². The Morgan fingerprint density at radius 3 is 2.71 bits per heavy atom. The summed E-state index contributed by atoms with van der Waals surface area (Å²) >= 11 is 0. The predicted molar refractivity (Wildman–Crippen MR) is 58.6 cm³/mol. The van der Waals surface area contributed by atoms with Crippen LogP contribution in [0.5, 0.6) is 0 Å². The molecule has 1 atom stereocenters. The fourth-order valence-corrected chi connectivity index (χ4v) is 2.44. The van der Waals surface area contributed by atoms with Gasteiger partial charge in [0, 0.05) is 30.2 Å². The van der Waals surface area contributed by atoms with Crippen LogP contribution in [0.2, 0.25) is 0 Å². The van der Waals surface area contributed by atoms with E-state index in [1.54, 1.807) is 0 Å². The number of nitrogens with zero attached hydrogens (tertiary/aromatic N) is 1. The van der Waals surface area contributed by atoms with E-state index in [0.29, 0.717) is 12.1 Å². The van der Waals surface area contributed by atoms with E-state index in [-0.39, 0.29) is 6.04 Å². The molecule has 0 bridgehead atoms. The zero-order valence-corrected chi connectivity index (χ0v) is 8.96. The zero-order chi connectivity index (χ0) is 12.2. The Labute approximate surface area is 95.8 Å². The van der Waals surface area contributed by atoms with E-state index in [4.69, 9.17) is 5.73 Å². The minimum Gasteiger partial charge on any atom is -0.343 e. The molecule has 0 aliphatic carbocycles. The topological polar surface area (TPSA) is 30.9 Å². The lowest BCUT2D eigenvalue weighted by Gasteiger charge is -2.08. The highest BCUT2D eigenvalue weighted by molar-refractivity contribution is 5.82. The van der Waals surface area contributed by atoms with Crippen molar-refractivity contribution in [2.45, 2.75) is 25.2 Å². The van der Waals surface area contributed by atoms with Crippen LogP contribution < -0.4 is 5.73 Å². The Kier molecular flexibility index (Phi) is 2.04. The summed E-state index contributed by atoms with van der Waals surface area (Å²) < 4.78 is 39.7. The van der Waals surface area contributed by atoms with Crippen LogP contribution in [0.4, 0.5) is 13.2 Å². The third-order valence-corrected chi connectivity index (χ3v) is 3.21. The van der Waals surface area contributed by atoms with Gasteiger partial charge in [0.1, 0.15) is 0 Å². The highest BCUT2D eigenvalue weighted by Crippen LogP contribution is 2.33. The van der Waals surface area contributed by atoms with Gasteiger partial charge in [-0.1, -0.05) is 6.07 Å². The van der Waals surface area contributed by atoms with Crippen LogP contribution in [0.1, 0.15) is 11.3 Å². The molecular formula is C12H11F3N2. The summed E-state index contributed by atoms with van der Waals surface area (Å²) in [4.78, 5) is 0. The molecule has 1 aromatic heterocycles. The molecule has 5 heteroatoms. The Morgan fingerprint density at radius 2 is 2.00 bits per heavy atom. The zero-order valence-electron chi connectivity index (χ0n) is 8.96. The molecule has 2 N–H and O–H groups in total. The molecule has 2 aromatic rings. The lowest BCUT2D eigenvalue weighted by Crippen LogP contribution is -2.20. The average Bonchev–Trinajstić information content (AvgIpc) is 2.71. The molecule has 0 radical (unpaired) electrons. The number of benzene rings is 1. The van der Waals surface area contributed by atoms with Crippen molar-refractivity contribution in [1.29, 1.82) is 0 Å². The van der Waals surface area contributed by atoms with Crippen LogP contribution in [0, 0.1) is 0 Å². The molecule has 2 heterocycles. The standard InChI is InChI=1S/C12H11F3N2/c13-12(14,15)8-2-1-7-3-10-5-9(16)6-17(10)11(7)4-8/h1-4,9H,5-6,16H2. The van der Waals surface area contributed by atoms with Crippen molar-refractivity contribution in [1.82, 2.24) is 4.57 Å². The molecule has 1 unspecified atom stereocenters. The maximum atomic E-state index is 12.6. The van der Waals surface area contributed by atoms with E-state index >= 15 is 0 Å². The third-order valence-electron chi connectivity index (χ3n) is 3.21. The van der Waals surface area contributed by atoms with Crippen LogP contribution in [-0.2, 0) is 19.1 Å². The first kappa shape index (κ1) is 10.7. The normalized spacial score (nSPS) is 19.9. The molecule has 1 aliphatic rings. The summed E-state index contributed by atoms with van der Waals surface area (Å²) in [7, 11) is 0. The molecule has 0 spiro atoms. The van der Waals surface area contributed by atoms with E-state index in [1.807, 2.05) is 10.6 Å². The largest absolute Gasteiger partial charge is 0.416 e. The second-order valence-electron chi connectivity index (χ2n) is 4.48. The van der Waals surface area contributed by atoms with E-state index in [2.05, 4.69) is 0 Å². The van der Waals surface area contributed by atoms with Gasteiger partial charge < -0.3 is 10.3 Å². The van der Waals surface area contributed by atoms with Gasteiger partial charge in [-0.2, -0.15) is 13.2 Å². The van der Waals surface area contributed by atoms with Crippen molar-refractivity contribution in [3.63, 3.8) is 0 Å². The van der Waals surface area contributed by atoms with Gasteiger partial charge in [0.15, 0.2) is 0 Å². The van der Waals surface area contributed by atoms with Gasteiger partial charge in [-0.05, 0) is 23.6 Å². The maximum Gasteiger partial charge on any atom is 0.416 e. The van der Waals surface area contributed by atoms with Crippen LogP contribution in [-0.4, -0.2) is 10.6 Å². The molecule has 0 saturated heterocycles. The molecule has 0 saturated carbocycles. The van der Waals surface area contributed by atoms with Crippen molar-refractivity contribution < 1.29 is 13.2 Å². The first-order valence-corrected chi connectivity index (χ1v) is 5.40. The number of aromatic nitrogens is 1. The Hall–Kier alpha value is -1.49. The number of hydrogen-bond acceptors (Lipinski definition) is 1. The van der Waals surface area contributed by atoms with E-state index in [1.165, 1.54) is 12.1 Å². The molecule has 1 aromatic carbocycles. The molecule has 90 valence electrons. The third kappa shape index (κ3) is 1.61. The second kappa shape index (κ2) is 3.26. The maximum absolute atomic E-state index is 12.6. The van der Waals surface area contributed by atoms with Crippen molar-refractivity contribution >= 4 is 10.9 Å². The lowest BCUT2D eigenvalue weighted by atomic mass is 10.1. The lowest BCUT2D eigenvalue weighted by molar-refractivity contribution is -0.137. The molecule has 0 amide bonds. The van der Waals surface area contributed by atoms with Gasteiger partial charge in [0.25, 0.3) is 0 Å². The fraction of sp³-hybridized carbons (Fsp3) is 0.333. The van der Waals surface area contributed by atoms with Gasteiger partial charge in [-0.15, -0.1) is 0 Å². The fourth-order valence-electron chi connectivity index (χ4n) is 2.44. The molecule has 1 aliphatic heterocycles. The number of alkyl halides is 3.